The van der Waals surface area contributed by atoms with Crippen molar-refractivity contribution in [3.8, 4) is 5.75 Å². The third-order valence-electron chi connectivity index (χ3n) is 2.53. The fourth-order valence-electron chi connectivity index (χ4n) is 1.63. The van der Waals surface area contributed by atoms with Crippen LogP contribution in [0.1, 0.15) is 25.5 Å². The Hall–Kier alpha value is -1.13. The molecule has 0 saturated heterocycles. The number of benzene rings is 1. The van der Waals surface area contributed by atoms with E-state index in [9.17, 15) is 4.39 Å². The first-order chi connectivity index (χ1) is 8.10. The second kappa shape index (κ2) is 6.57. The molecule has 1 N–H and O–H groups in total. The van der Waals surface area contributed by atoms with Crippen LogP contribution >= 0.6 is 0 Å². The Morgan fingerprint density at radius 3 is 2.59 bits per heavy atom. The maximum absolute atomic E-state index is 13.8. The summed E-state index contributed by atoms with van der Waals surface area (Å²) in [6.07, 6.45) is 0.114. The number of rotatable bonds is 6. The van der Waals surface area contributed by atoms with Crippen molar-refractivity contribution < 1.29 is 13.9 Å². The molecule has 0 saturated carbocycles. The van der Waals surface area contributed by atoms with Crippen LogP contribution in [0.3, 0.4) is 0 Å². The van der Waals surface area contributed by atoms with Crippen LogP contribution < -0.4 is 10.1 Å². The Morgan fingerprint density at radius 2 is 2.06 bits per heavy atom. The predicted molar refractivity (Wildman–Crippen MR) is 65.8 cm³/mol. The molecule has 0 amide bonds. The topological polar surface area (TPSA) is 30.5 Å². The molecule has 0 radical (unpaired) electrons. The van der Waals surface area contributed by atoms with E-state index < -0.39 is 0 Å². The highest BCUT2D eigenvalue weighted by Gasteiger charge is 2.19. The lowest BCUT2D eigenvalue weighted by Crippen LogP contribution is -2.25. The van der Waals surface area contributed by atoms with Crippen LogP contribution in [0.5, 0.6) is 5.75 Å². The van der Waals surface area contributed by atoms with Crippen molar-refractivity contribution in [2.45, 2.75) is 26.0 Å². The van der Waals surface area contributed by atoms with E-state index >= 15 is 0 Å². The smallest absolute Gasteiger partial charge is 0.131 e. The van der Waals surface area contributed by atoms with Crippen molar-refractivity contribution in [1.82, 2.24) is 5.32 Å². The number of ether oxygens (including phenoxy) is 2. The van der Waals surface area contributed by atoms with Crippen molar-refractivity contribution in [3.63, 3.8) is 0 Å². The van der Waals surface area contributed by atoms with Gasteiger partial charge in [-0.3, -0.25) is 0 Å². The summed E-state index contributed by atoms with van der Waals surface area (Å²) in [6, 6.07) is 4.59. The number of hydrogen-bond donors (Lipinski definition) is 1. The molecule has 0 aliphatic carbocycles. The lowest BCUT2D eigenvalue weighted by atomic mass is 10.1. The Labute approximate surface area is 102 Å². The highest BCUT2D eigenvalue weighted by atomic mass is 19.1. The molecule has 0 fully saturated rings. The highest BCUT2D eigenvalue weighted by Crippen LogP contribution is 2.28. The molecule has 0 aliphatic rings. The Kier molecular flexibility index (Phi) is 5.38. The minimum absolute atomic E-state index is 0.114. The molecule has 0 heterocycles. The summed E-state index contributed by atoms with van der Waals surface area (Å²) in [4.78, 5) is 0. The molecule has 1 atom stereocenters. The largest absolute Gasteiger partial charge is 0.496 e. The van der Waals surface area contributed by atoms with Gasteiger partial charge in [-0.25, -0.2) is 4.39 Å². The van der Waals surface area contributed by atoms with Crippen LogP contribution in [-0.2, 0) is 4.74 Å². The minimum atomic E-state index is -0.281. The average Bonchev–Trinajstić information content (AvgIpc) is 2.31. The summed E-state index contributed by atoms with van der Waals surface area (Å²) in [5.74, 6) is 0.257. The molecule has 0 aliphatic heterocycles. The molecule has 17 heavy (non-hydrogen) atoms. The van der Waals surface area contributed by atoms with Crippen LogP contribution in [-0.4, -0.2) is 26.9 Å². The van der Waals surface area contributed by atoms with E-state index in [1.54, 1.807) is 19.2 Å². The Bertz CT molecular complexity index is 355. The van der Waals surface area contributed by atoms with Gasteiger partial charge in [-0.1, -0.05) is 6.07 Å². The van der Waals surface area contributed by atoms with E-state index in [-0.39, 0.29) is 18.0 Å². The van der Waals surface area contributed by atoms with Crippen LogP contribution in [0, 0.1) is 5.82 Å². The van der Waals surface area contributed by atoms with Gasteiger partial charge in [-0.05, 0) is 33.0 Å². The average molecular weight is 241 g/mol. The van der Waals surface area contributed by atoms with Crippen molar-refractivity contribution in [1.29, 1.82) is 0 Å². The second-order valence-corrected chi connectivity index (χ2v) is 4.08. The van der Waals surface area contributed by atoms with Gasteiger partial charge in [0.15, 0.2) is 0 Å². The zero-order valence-corrected chi connectivity index (χ0v) is 10.8. The monoisotopic (exact) mass is 241 g/mol. The normalized spacial score (nSPS) is 12.8. The highest BCUT2D eigenvalue weighted by molar-refractivity contribution is 5.37. The lowest BCUT2D eigenvalue weighted by molar-refractivity contribution is 0.0614. The number of likely N-dealkylation sites (N-methyl/N-ethyl adjacent to an activating group) is 1. The molecule has 3 nitrogen and oxygen atoms in total. The van der Waals surface area contributed by atoms with Gasteiger partial charge in [0.05, 0.1) is 25.9 Å². The third kappa shape index (κ3) is 3.68. The van der Waals surface area contributed by atoms with Crippen LogP contribution in [0.2, 0.25) is 0 Å². The molecule has 1 aromatic rings. The summed E-state index contributed by atoms with van der Waals surface area (Å²) in [6.45, 7) is 4.31. The standard InChI is InChI=1S/C13H20FNO2/c1-9(2)17-8-11(15-3)13-10(14)6-5-7-12(13)16-4/h5-7,9,11,15H,8H2,1-4H3. The van der Waals surface area contributed by atoms with E-state index in [2.05, 4.69) is 5.32 Å². The first-order valence-electron chi connectivity index (χ1n) is 5.71. The van der Waals surface area contributed by atoms with Crippen molar-refractivity contribution in [3.05, 3.63) is 29.6 Å². The molecule has 0 spiro atoms. The lowest BCUT2D eigenvalue weighted by Gasteiger charge is -2.21. The van der Waals surface area contributed by atoms with E-state index in [4.69, 9.17) is 9.47 Å². The number of hydrogen-bond acceptors (Lipinski definition) is 3. The molecule has 1 aromatic carbocycles. The van der Waals surface area contributed by atoms with Gasteiger partial charge in [0.1, 0.15) is 11.6 Å². The molecular weight excluding hydrogens is 221 g/mol. The van der Waals surface area contributed by atoms with Gasteiger partial charge in [0.2, 0.25) is 0 Å². The minimum Gasteiger partial charge on any atom is -0.496 e. The first-order valence-corrected chi connectivity index (χ1v) is 5.71. The van der Waals surface area contributed by atoms with Crippen LogP contribution in [0.25, 0.3) is 0 Å². The van der Waals surface area contributed by atoms with Gasteiger partial charge >= 0.3 is 0 Å². The third-order valence-corrected chi connectivity index (χ3v) is 2.53. The van der Waals surface area contributed by atoms with E-state index in [1.807, 2.05) is 13.8 Å². The summed E-state index contributed by atoms with van der Waals surface area (Å²) in [7, 11) is 3.31. The summed E-state index contributed by atoms with van der Waals surface area (Å²) in [5.41, 5.74) is 0.512. The summed E-state index contributed by atoms with van der Waals surface area (Å²) >= 11 is 0. The van der Waals surface area contributed by atoms with Crippen LogP contribution in [0.4, 0.5) is 4.39 Å². The maximum Gasteiger partial charge on any atom is 0.131 e. The molecule has 4 heteroatoms. The molecule has 96 valence electrons. The van der Waals surface area contributed by atoms with Gasteiger partial charge in [0, 0.05) is 5.56 Å². The van der Waals surface area contributed by atoms with E-state index in [0.29, 0.717) is 17.9 Å². The van der Waals surface area contributed by atoms with Gasteiger partial charge < -0.3 is 14.8 Å². The van der Waals surface area contributed by atoms with Gasteiger partial charge in [0.25, 0.3) is 0 Å². The Morgan fingerprint density at radius 1 is 1.35 bits per heavy atom. The van der Waals surface area contributed by atoms with E-state index in [1.165, 1.54) is 13.2 Å². The fourth-order valence-corrected chi connectivity index (χ4v) is 1.63. The predicted octanol–water partition coefficient (Wildman–Crippen LogP) is 2.52. The van der Waals surface area contributed by atoms with Crippen molar-refractivity contribution in [2.24, 2.45) is 0 Å². The van der Waals surface area contributed by atoms with Gasteiger partial charge in [-0.15, -0.1) is 0 Å². The summed E-state index contributed by atoms with van der Waals surface area (Å²) < 4.78 is 24.5. The Balaban J connectivity index is 2.94. The zero-order chi connectivity index (χ0) is 12.8. The number of nitrogens with one attached hydrogen (secondary N) is 1. The molecule has 0 aromatic heterocycles. The van der Waals surface area contributed by atoms with E-state index in [0.717, 1.165) is 0 Å². The SMILES string of the molecule is CNC(COC(C)C)c1c(F)cccc1OC. The van der Waals surface area contributed by atoms with Gasteiger partial charge in [-0.2, -0.15) is 0 Å². The fraction of sp³-hybridized carbons (Fsp3) is 0.538. The first kappa shape index (κ1) is 13.9. The van der Waals surface area contributed by atoms with Crippen LogP contribution in [0.15, 0.2) is 18.2 Å². The molecule has 0 bridgehead atoms. The summed E-state index contributed by atoms with van der Waals surface area (Å²) in [5, 5.41) is 3.04. The van der Waals surface area contributed by atoms with Crippen molar-refractivity contribution in [2.75, 3.05) is 20.8 Å². The zero-order valence-electron chi connectivity index (χ0n) is 10.8. The quantitative estimate of drug-likeness (QED) is 0.830. The second-order valence-electron chi connectivity index (χ2n) is 4.08. The molecule has 1 unspecified atom stereocenters. The van der Waals surface area contributed by atoms with Crippen molar-refractivity contribution >= 4 is 0 Å². The molecule has 1 rings (SSSR count). The number of methoxy groups -OCH3 is 1. The number of halogens is 1. The molecular formula is C13H20FNO2. The maximum atomic E-state index is 13.8.